The lowest BCUT2D eigenvalue weighted by molar-refractivity contribution is -0.137. The van der Waals surface area contributed by atoms with Gasteiger partial charge in [0.25, 0.3) is 0 Å². The molecule has 0 saturated carbocycles. The predicted molar refractivity (Wildman–Crippen MR) is 83.6 cm³/mol. The summed E-state index contributed by atoms with van der Waals surface area (Å²) in [7, 11) is 1.29. The first-order valence-corrected chi connectivity index (χ1v) is 7.63. The molecule has 2 rings (SSSR count). The number of nitrogens with two attached hydrogens (primary N) is 1. The maximum atomic E-state index is 11.8. The minimum Gasteiger partial charge on any atom is -0.468 e. The molecule has 1 aliphatic rings. The summed E-state index contributed by atoms with van der Waals surface area (Å²) < 4.78 is 9.97. The molecule has 7 nitrogen and oxygen atoms in total. The topological polar surface area (TPSA) is 118 Å². The van der Waals surface area contributed by atoms with E-state index in [0.29, 0.717) is 16.5 Å². The molecule has 1 aromatic rings. The zero-order chi connectivity index (χ0) is 17.0. The lowest BCUT2D eigenvalue weighted by atomic mass is 9.86. The standard InChI is InChI=1S/C15H15N3O4S/c1-8-12(14(17)20)13(10-4-3-5-22-10)9(6-16)15(18-8)23-7-11(19)21-2/h3-5,13,18H,7H2,1-2H3,(H2,17,20)/t13-/m0/s1. The van der Waals surface area contributed by atoms with Crippen molar-refractivity contribution in [1.82, 2.24) is 5.32 Å². The Morgan fingerprint density at radius 3 is 2.83 bits per heavy atom. The Labute approximate surface area is 137 Å². The average Bonchev–Trinajstić information content (AvgIpc) is 3.05. The molecule has 1 atom stereocenters. The quantitative estimate of drug-likeness (QED) is 0.781. The van der Waals surface area contributed by atoms with E-state index in [2.05, 4.69) is 16.1 Å². The third-order valence-corrected chi connectivity index (χ3v) is 4.29. The molecule has 0 bridgehead atoms. The largest absolute Gasteiger partial charge is 0.468 e. The normalized spacial score (nSPS) is 17.5. The van der Waals surface area contributed by atoms with Gasteiger partial charge in [-0.15, -0.1) is 0 Å². The molecule has 0 saturated heterocycles. The monoisotopic (exact) mass is 333 g/mol. The second-order valence-corrected chi connectivity index (χ2v) is 5.68. The van der Waals surface area contributed by atoms with Crippen LogP contribution in [-0.2, 0) is 14.3 Å². The van der Waals surface area contributed by atoms with Crippen LogP contribution in [0.4, 0.5) is 0 Å². The van der Waals surface area contributed by atoms with Crippen molar-refractivity contribution >= 4 is 23.6 Å². The molecule has 0 fully saturated rings. The molecule has 8 heteroatoms. The Balaban J connectivity index is 2.47. The summed E-state index contributed by atoms with van der Waals surface area (Å²) in [6.07, 6.45) is 1.46. The first kappa shape index (κ1) is 16.7. The zero-order valence-corrected chi connectivity index (χ0v) is 13.4. The highest BCUT2D eigenvalue weighted by atomic mass is 32.2. The van der Waals surface area contributed by atoms with Gasteiger partial charge in [0.15, 0.2) is 0 Å². The van der Waals surface area contributed by atoms with E-state index in [1.165, 1.54) is 13.4 Å². The van der Waals surface area contributed by atoms with E-state index < -0.39 is 17.8 Å². The highest BCUT2D eigenvalue weighted by Crippen LogP contribution is 2.40. The lowest BCUT2D eigenvalue weighted by Crippen LogP contribution is -2.31. The van der Waals surface area contributed by atoms with Crippen LogP contribution in [0.15, 0.2) is 44.7 Å². The van der Waals surface area contributed by atoms with Gasteiger partial charge < -0.3 is 20.2 Å². The lowest BCUT2D eigenvalue weighted by Gasteiger charge is -2.27. The van der Waals surface area contributed by atoms with Crippen LogP contribution in [0.1, 0.15) is 18.6 Å². The maximum absolute atomic E-state index is 11.8. The van der Waals surface area contributed by atoms with Gasteiger partial charge in [0.05, 0.1) is 47.3 Å². The molecule has 0 aromatic carbocycles. The van der Waals surface area contributed by atoms with E-state index in [9.17, 15) is 14.9 Å². The molecule has 23 heavy (non-hydrogen) atoms. The Kier molecular flexibility index (Phi) is 5.13. The zero-order valence-electron chi connectivity index (χ0n) is 12.6. The Hall–Kier alpha value is -2.66. The van der Waals surface area contributed by atoms with E-state index in [1.54, 1.807) is 19.1 Å². The second kappa shape index (κ2) is 7.07. The van der Waals surface area contributed by atoms with Crippen LogP contribution < -0.4 is 11.1 Å². The van der Waals surface area contributed by atoms with Gasteiger partial charge >= 0.3 is 5.97 Å². The van der Waals surface area contributed by atoms with Crippen LogP contribution in [0.2, 0.25) is 0 Å². The van der Waals surface area contributed by atoms with Crippen molar-refractivity contribution in [2.75, 3.05) is 12.9 Å². The van der Waals surface area contributed by atoms with Crippen molar-refractivity contribution in [3.63, 3.8) is 0 Å². The molecule has 0 radical (unpaired) electrons. The molecule has 1 amide bonds. The highest BCUT2D eigenvalue weighted by molar-refractivity contribution is 8.03. The summed E-state index contributed by atoms with van der Waals surface area (Å²) in [5, 5.41) is 13.0. The summed E-state index contributed by atoms with van der Waals surface area (Å²) in [5.74, 6) is -1.28. The van der Waals surface area contributed by atoms with Crippen LogP contribution in [0, 0.1) is 11.3 Å². The summed E-state index contributed by atoms with van der Waals surface area (Å²) in [5.41, 5.74) is 6.52. The number of esters is 1. The second-order valence-electron chi connectivity index (χ2n) is 4.70. The summed E-state index contributed by atoms with van der Waals surface area (Å²) in [4.78, 5) is 23.2. The number of allylic oxidation sites excluding steroid dienone is 2. The van der Waals surface area contributed by atoms with E-state index in [1.807, 2.05) is 0 Å². The van der Waals surface area contributed by atoms with Crippen LogP contribution >= 0.6 is 11.8 Å². The van der Waals surface area contributed by atoms with Gasteiger partial charge in [-0.25, -0.2) is 0 Å². The number of nitrogens with one attached hydrogen (secondary N) is 1. The summed E-state index contributed by atoms with van der Waals surface area (Å²) >= 11 is 1.12. The minimum atomic E-state index is -0.700. The number of dihydropyridines is 1. The van der Waals surface area contributed by atoms with Crippen molar-refractivity contribution in [2.45, 2.75) is 12.8 Å². The van der Waals surface area contributed by atoms with Crippen LogP contribution in [0.3, 0.4) is 0 Å². The maximum Gasteiger partial charge on any atom is 0.316 e. The van der Waals surface area contributed by atoms with E-state index in [-0.39, 0.29) is 16.9 Å². The molecule has 0 unspecified atom stereocenters. The summed E-state index contributed by atoms with van der Waals surface area (Å²) in [6, 6.07) is 5.42. The average molecular weight is 333 g/mol. The van der Waals surface area contributed by atoms with Crippen molar-refractivity contribution in [1.29, 1.82) is 5.26 Å². The third kappa shape index (κ3) is 3.40. The number of methoxy groups -OCH3 is 1. The fourth-order valence-corrected chi connectivity index (χ4v) is 3.21. The van der Waals surface area contributed by atoms with Crippen LogP contribution in [0.5, 0.6) is 0 Å². The van der Waals surface area contributed by atoms with E-state index >= 15 is 0 Å². The van der Waals surface area contributed by atoms with Gasteiger partial charge in [-0.2, -0.15) is 5.26 Å². The van der Waals surface area contributed by atoms with Crippen molar-refractivity contribution in [3.05, 3.63) is 46.0 Å². The van der Waals surface area contributed by atoms with Gasteiger partial charge in [0.2, 0.25) is 5.91 Å². The number of nitrogens with zero attached hydrogens (tertiary/aromatic N) is 1. The van der Waals surface area contributed by atoms with Crippen molar-refractivity contribution in [2.24, 2.45) is 5.73 Å². The minimum absolute atomic E-state index is 0.0358. The number of amides is 1. The van der Waals surface area contributed by atoms with Crippen LogP contribution in [-0.4, -0.2) is 24.7 Å². The number of carbonyl (C=O) groups excluding carboxylic acids is 2. The van der Waals surface area contributed by atoms with Gasteiger partial charge in [-0.3, -0.25) is 9.59 Å². The number of nitriles is 1. The number of ether oxygens (including phenoxy) is 1. The third-order valence-electron chi connectivity index (χ3n) is 3.30. The molecule has 0 aliphatic carbocycles. The number of carbonyl (C=O) groups is 2. The van der Waals surface area contributed by atoms with Gasteiger partial charge in [0.1, 0.15) is 5.76 Å². The molecule has 120 valence electrons. The van der Waals surface area contributed by atoms with E-state index in [0.717, 1.165) is 11.8 Å². The number of hydrogen-bond donors (Lipinski definition) is 2. The number of furan rings is 1. The van der Waals surface area contributed by atoms with Gasteiger partial charge in [0, 0.05) is 5.70 Å². The first-order valence-electron chi connectivity index (χ1n) is 6.64. The number of rotatable bonds is 5. The molecule has 3 N–H and O–H groups in total. The molecule has 2 heterocycles. The Bertz CT molecular complexity index is 728. The number of thioether (sulfide) groups is 1. The fraction of sp³-hybridized carbons (Fsp3) is 0.267. The molecule has 0 spiro atoms. The fourth-order valence-electron chi connectivity index (χ4n) is 2.28. The van der Waals surface area contributed by atoms with Gasteiger partial charge in [-0.05, 0) is 19.1 Å². The van der Waals surface area contributed by atoms with Crippen LogP contribution in [0.25, 0.3) is 0 Å². The smallest absolute Gasteiger partial charge is 0.316 e. The predicted octanol–water partition coefficient (Wildman–Crippen LogP) is 1.37. The Morgan fingerprint density at radius 1 is 1.57 bits per heavy atom. The number of primary amides is 1. The molecular weight excluding hydrogens is 318 g/mol. The molecular formula is C15H15N3O4S. The van der Waals surface area contributed by atoms with Gasteiger partial charge in [-0.1, -0.05) is 11.8 Å². The molecule has 1 aliphatic heterocycles. The van der Waals surface area contributed by atoms with Crippen molar-refractivity contribution in [3.8, 4) is 6.07 Å². The van der Waals surface area contributed by atoms with Crippen molar-refractivity contribution < 1.29 is 18.7 Å². The SMILES string of the molecule is COC(=O)CSC1=C(C#N)[C@@H](c2ccco2)C(C(N)=O)=C(C)N1. The highest BCUT2D eigenvalue weighted by Gasteiger charge is 2.35. The summed E-state index contributed by atoms with van der Waals surface area (Å²) in [6.45, 7) is 1.68. The first-order chi connectivity index (χ1) is 11.0. The number of hydrogen-bond acceptors (Lipinski definition) is 7. The molecule has 1 aromatic heterocycles. The Morgan fingerprint density at radius 2 is 2.30 bits per heavy atom. The van der Waals surface area contributed by atoms with E-state index in [4.69, 9.17) is 10.2 Å².